The molecule has 4 heteroatoms. The van der Waals surface area contributed by atoms with E-state index in [1.54, 1.807) is 0 Å². The van der Waals surface area contributed by atoms with Crippen LogP contribution in [0.15, 0.2) is 11.6 Å². The Morgan fingerprint density at radius 1 is 0.882 bits per heavy atom. The molecule has 0 spiro atoms. The largest absolute Gasteiger partial charge is 0.393 e. The Kier molecular flexibility index (Phi) is 7.17. The van der Waals surface area contributed by atoms with Crippen molar-refractivity contribution in [1.29, 1.82) is 0 Å². The highest BCUT2D eigenvalue weighted by Crippen LogP contribution is 2.68. The van der Waals surface area contributed by atoms with Crippen molar-refractivity contribution in [2.45, 2.75) is 112 Å². The molecule has 0 bridgehead atoms. The molecule has 4 N–H and O–H groups in total. The maximum absolute atomic E-state index is 11.7. The van der Waals surface area contributed by atoms with Gasteiger partial charge in [-0.1, -0.05) is 60.1 Å². The number of hydrogen-bond donors (Lipinski definition) is 4. The standard InChI is InChI=1S/C30H52O4/c1-15(2)18(5)16(3)11-17(4)21-9-10-22-20-12-24(32)27-19(6)23(31)13-26(34)30(27,8)28(20)25(33)14-29(21,22)7/h11,15,17-28,31-34H,9-10,12-14H2,1-8H3. The highest BCUT2D eigenvalue weighted by Gasteiger charge is 2.68. The lowest BCUT2D eigenvalue weighted by atomic mass is 9.41. The van der Waals surface area contributed by atoms with Crippen LogP contribution < -0.4 is 0 Å². The van der Waals surface area contributed by atoms with E-state index < -0.39 is 29.8 Å². The third kappa shape index (κ3) is 3.85. The van der Waals surface area contributed by atoms with Gasteiger partial charge in [0, 0.05) is 11.8 Å². The smallest absolute Gasteiger partial charge is 0.0625 e. The van der Waals surface area contributed by atoms with Crippen LogP contribution in [-0.2, 0) is 0 Å². The summed E-state index contributed by atoms with van der Waals surface area (Å²) in [6.07, 6.45) is 4.34. The fourth-order valence-corrected chi connectivity index (χ4v) is 10.0. The summed E-state index contributed by atoms with van der Waals surface area (Å²) in [5.74, 6) is 2.62. The zero-order valence-corrected chi connectivity index (χ0v) is 22.9. The van der Waals surface area contributed by atoms with Crippen LogP contribution in [0, 0.1) is 64.1 Å². The molecule has 0 saturated heterocycles. The molecule has 14 atom stereocenters. The molecule has 196 valence electrons. The predicted octanol–water partition coefficient (Wildman–Crippen LogP) is 5.04. The molecule has 0 radical (unpaired) electrons. The van der Waals surface area contributed by atoms with Gasteiger partial charge in [-0.25, -0.2) is 0 Å². The van der Waals surface area contributed by atoms with E-state index in [2.05, 4.69) is 54.5 Å². The molecular formula is C30H52O4. The Bertz CT molecular complexity index is 778. The fourth-order valence-electron chi connectivity index (χ4n) is 10.0. The minimum Gasteiger partial charge on any atom is -0.393 e. The molecule has 0 amide bonds. The number of aliphatic hydroxyl groups excluding tert-OH is 4. The summed E-state index contributed by atoms with van der Waals surface area (Å²) >= 11 is 0. The van der Waals surface area contributed by atoms with Crippen molar-refractivity contribution in [3.8, 4) is 0 Å². The molecule has 34 heavy (non-hydrogen) atoms. The van der Waals surface area contributed by atoms with Gasteiger partial charge in [0.05, 0.1) is 24.4 Å². The molecule has 0 aromatic heterocycles. The van der Waals surface area contributed by atoms with E-state index >= 15 is 0 Å². The van der Waals surface area contributed by atoms with Gasteiger partial charge in [-0.15, -0.1) is 0 Å². The maximum Gasteiger partial charge on any atom is 0.0625 e. The van der Waals surface area contributed by atoms with Gasteiger partial charge in [0.1, 0.15) is 0 Å². The lowest BCUT2D eigenvalue weighted by Gasteiger charge is -2.66. The van der Waals surface area contributed by atoms with E-state index in [0.29, 0.717) is 42.4 Å². The average molecular weight is 477 g/mol. The molecule has 4 aliphatic rings. The van der Waals surface area contributed by atoms with Crippen molar-refractivity contribution in [1.82, 2.24) is 0 Å². The molecule has 4 nitrogen and oxygen atoms in total. The van der Waals surface area contributed by atoms with Crippen LogP contribution in [-0.4, -0.2) is 44.8 Å². The van der Waals surface area contributed by atoms with Crippen molar-refractivity contribution >= 4 is 0 Å². The summed E-state index contributed by atoms with van der Waals surface area (Å²) in [4.78, 5) is 0. The number of fused-ring (bicyclic) bond motifs is 5. The van der Waals surface area contributed by atoms with Gasteiger partial charge < -0.3 is 20.4 Å². The second-order valence-electron chi connectivity index (χ2n) is 13.9. The van der Waals surface area contributed by atoms with E-state index in [0.717, 1.165) is 12.8 Å². The van der Waals surface area contributed by atoms with Crippen LogP contribution in [0.5, 0.6) is 0 Å². The Balaban J connectivity index is 1.65. The van der Waals surface area contributed by atoms with Crippen LogP contribution >= 0.6 is 0 Å². The predicted molar refractivity (Wildman–Crippen MR) is 137 cm³/mol. The lowest BCUT2D eigenvalue weighted by Crippen LogP contribution is -2.68. The molecule has 4 aliphatic carbocycles. The first-order valence-corrected chi connectivity index (χ1v) is 14.2. The average Bonchev–Trinajstić information content (AvgIpc) is 3.08. The Labute approximate surface area is 208 Å². The van der Waals surface area contributed by atoms with Gasteiger partial charge in [0.25, 0.3) is 0 Å². The van der Waals surface area contributed by atoms with Gasteiger partial charge in [-0.2, -0.15) is 0 Å². The first-order chi connectivity index (χ1) is 15.7. The Hall–Kier alpha value is -0.420. The van der Waals surface area contributed by atoms with Gasteiger partial charge in [-0.05, 0) is 91.3 Å². The van der Waals surface area contributed by atoms with E-state index in [-0.39, 0.29) is 29.1 Å². The minimum absolute atomic E-state index is 0.0174. The number of allylic oxidation sites excluding steroid dienone is 2. The first kappa shape index (κ1) is 26.6. The molecule has 0 heterocycles. The number of rotatable bonds is 4. The van der Waals surface area contributed by atoms with Crippen molar-refractivity contribution in [2.75, 3.05) is 0 Å². The van der Waals surface area contributed by atoms with Gasteiger partial charge in [-0.3, -0.25) is 0 Å². The van der Waals surface area contributed by atoms with Gasteiger partial charge >= 0.3 is 0 Å². The normalized spacial score (nSPS) is 53.1. The van der Waals surface area contributed by atoms with Crippen molar-refractivity contribution in [2.24, 2.45) is 64.1 Å². The van der Waals surface area contributed by atoms with Crippen LogP contribution in [0.1, 0.15) is 87.5 Å². The van der Waals surface area contributed by atoms with Gasteiger partial charge in [0.2, 0.25) is 0 Å². The Morgan fingerprint density at radius 2 is 1.53 bits per heavy atom. The topological polar surface area (TPSA) is 80.9 Å². The molecule has 4 fully saturated rings. The van der Waals surface area contributed by atoms with Crippen molar-refractivity contribution in [3.05, 3.63) is 11.6 Å². The summed E-state index contributed by atoms with van der Waals surface area (Å²) in [5.41, 5.74) is 0.963. The quantitative estimate of drug-likeness (QED) is 0.429. The zero-order chi connectivity index (χ0) is 25.3. The van der Waals surface area contributed by atoms with Crippen molar-refractivity contribution in [3.63, 3.8) is 0 Å². The molecule has 14 unspecified atom stereocenters. The van der Waals surface area contributed by atoms with E-state index in [1.165, 1.54) is 12.0 Å². The number of hydrogen-bond acceptors (Lipinski definition) is 4. The summed E-state index contributed by atoms with van der Waals surface area (Å²) in [7, 11) is 0. The van der Waals surface area contributed by atoms with Crippen molar-refractivity contribution < 1.29 is 20.4 Å². The third-order valence-electron chi connectivity index (χ3n) is 12.1. The summed E-state index contributed by atoms with van der Waals surface area (Å²) < 4.78 is 0. The third-order valence-corrected chi connectivity index (χ3v) is 12.1. The zero-order valence-electron chi connectivity index (χ0n) is 22.9. The second kappa shape index (κ2) is 9.15. The summed E-state index contributed by atoms with van der Waals surface area (Å²) in [5, 5.41) is 45.0. The highest BCUT2D eigenvalue weighted by molar-refractivity contribution is 5.18. The van der Waals surface area contributed by atoms with E-state index in [9.17, 15) is 20.4 Å². The van der Waals surface area contributed by atoms with Crippen LogP contribution in [0.4, 0.5) is 0 Å². The second-order valence-corrected chi connectivity index (χ2v) is 13.9. The summed E-state index contributed by atoms with van der Waals surface area (Å²) in [6, 6.07) is 0. The van der Waals surface area contributed by atoms with Crippen LogP contribution in [0.2, 0.25) is 0 Å². The molecule has 0 aliphatic heterocycles. The monoisotopic (exact) mass is 476 g/mol. The molecule has 0 aromatic rings. The SMILES string of the molecule is CC(=CC(C)C1CCC2C3CC(O)C4C(C)C(O)CC(O)C4(C)C3C(O)CC12C)C(C)C(C)C. The Morgan fingerprint density at radius 3 is 2.15 bits per heavy atom. The highest BCUT2D eigenvalue weighted by atomic mass is 16.3. The summed E-state index contributed by atoms with van der Waals surface area (Å²) in [6.45, 7) is 18.1. The van der Waals surface area contributed by atoms with Crippen LogP contribution in [0.25, 0.3) is 0 Å². The minimum atomic E-state index is -0.690. The maximum atomic E-state index is 11.7. The van der Waals surface area contributed by atoms with E-state index in [4.69, 9.17) is 0 Å². The lowest BCUT2D eigenvalue weighted by molar-refractivity contribution is -0.256. The van der Waals surface area contributed by atoms with E-state index in [1.807, 2.05) is 6.92 Å². The number of aliphatic hydroxyl groups is 4. The first-order valence-electron chi connectivity index (χ1n) is 14.2. The van der Waals surface area contributed by atoms with Gasteiger partial charge in [0.15, 0.2) is 0 Å². The molecule has 4 rings (SSSR count). The molecule has 0 aromatic carbocycles. The van der Waals surface area contributed by atoms with Crippen LogP contribution in [0.3, 0.4) is 0 Å². The molecular weight excluding hydrogens is 424 g/mol. The molecule has 4 saturated carbocycles. The fraction of sp³-hybridized carbons (Fsp3) is 0.933.